The van der Waals surface area contributed by atoms with Gasteiger partial charge in [-0.2, -0.15) is 0 Å². The quantitative estimate of drug-likeness (QED) is 0.310. The first-order valence-electron chi connectivity index (χ1n) is 10.6. The Morgan fingerprint density at radius 1 is 1.09 bits per heavy atom. The fraction of sp³-hybridized carbons (Fsp3) is 0.280. The molecule has 0 saturated carbocycles. The van der Waals surface area contributed by atoms with E-state index in [1.165, 1.54) is 38.4 Å². The van der Waals surface area contributed by atoms with E-state index in [4.69, 9.17) is 25.8 Å². The van der Waals surface area contributed by atoms with Gasteiger partial charge in [-0.1, -0.05) is 29.8 Å². The molecule has 1 unspecified atom stereocenters. The second-order valence-corrected chi connectivity index (χ2v) is 8.29. The van der Waals surface area contributed by atoms with Gasteiger partial charge in [0, 0.05) is 49.4 Å². The molecule has 3 aromatic rings. The van der Waals surface area contributed by atoms with Crippen molar-refractivity contribution in [3.05, 3.63) is 64.3 Å². The van der Waals surface area contributed by atoms with Crippen molar-refractivity contribution in [2.45, 2.75) is 6.04 Å². The highest BCUT2D eigenvalue weighted by molar-refractivity contribution is 6.46. The maximum absolute atomic E-state index is 13.3. The zero-order valence-corrected chi connectivity index (χ0v) is 20.0. The number of benzene rings is 2. The van der Waals surface area contributed by atoms with Crippen molar-refractivity contribution < 1.29 is 28.9 Å². The molecule has 2 aromatic carbocycles. The number of ether oxygens (including phenoxy) is 3. The molecule has 1 aliphatic heterocycles. The number of carbonyl (C=O) groups is 2. The molecule has 1 aromatic heterocycles. The average molecular weight is 485 g/mol. The van der Waals surface area contributed by atoms with Gasteiger partial charge < -0.3 is 28.8 Å². The van der Waals surface area contributed by atoms with E-state index in [1.54, 1.807) is 0 Å². The minimum absolute atomic E-state index is 0.0415. The number of carbonyl (C=O) groups excluding carboxylic acids is 2. The zero-order valence-electron chi connectivity index (χ0n) is 19.3. The fourth-order valence-electron chi connectivity index (χ4n) is 4.41. The monoisotopic (exact) mass is 484 g/mol. The van der Waals surface area contributed by atoms with Crippen molar-refractivity contribution in [2.75, 3.05) is 34.5 Å². The van der Waals surface area contributed by atoms with Crippen LogP contribution in [0, 0.1) is 0 Å². The molecule has 4 rings (SSSR count). The van der Waals surface area contributed by atoms with Gasteiger partial charge in [0.15, 0.2) is 0 Å². The van der Waals surface area contributed by atoms with E-state index in [0.717, 1.165) is 16.5 Å². The molecular weight excluding hydrogens is 460 g/mol. The summed E-state index contributed by atoms with van der Waals surface area (Å²) in [6, 6.07) is 9.83. The number of halogens is 1. The van der Waals surface area contributed by atoms with E-state index in [9.17, 15) is 14.7 Å². The summed E-state index contributed by atoms with van der Waals surface area (Å²) in [5, 5.41) is 12.6. The van der Waals surface area contributed by atoms with Gasteiger partial charge in [0.2, 0.25) is 0 Å². The van der Waals surface area contributed by atoms with Crippen LogP contribution in [0.4, 0.5) is 0 Å². The third-order valence-corrected chi connectivity index (χ3v) is 6.32. The number of aryl methyl sites for hydroxylation is 1. The number of likely N-dealkylation sites (tertiary alicyclic amines) is 1. The second kappa shape index (κ2) is 9.40. The molecular formula is C25H25ClN2O6. The van der Waals surface area contributed by atoms with E-state index >= 15 is 0 Å². The van der Waals surface area contributed by atoms with Gasteiger partial charge in [-0.05, 0) is 12.1 Å². The Labute approximate surface area is 201 Å². The molecule has 0 radical (unpaired) electrons. The van der Waals surface area contributed by atoms with Gasteiger partial charge in [-0.3, -0.25) is 9.59 Å². The molecule has 1 aliphatic rings. The highest BCUT2D eigenvalue weighted by Crippen LogP contribution is 2.44. The molecule has 1 fully saturated rings. The number of aliphatic hydroxyl groups is 1. The van der Waals surface area contributed by atoms with Crippen molar-refractivity contribution in [3.63, 3.8) is 0 Å². The number of aliphatic hydroxyl groups excluding tert-OH is 1. The lowest BCUT2D eigenvalue weighted by Gasteiger charge is -2.24. The molecule has 0 bridgehead atoms. The summed E-state index contributed by atoms with van der Waals surface area (Å²) in [6.07, 6.45) is 1.87. The number of rotatable bonds is 7. The van der Waals surface area contributed by atoms with Crippen LogP contribution in [0.25, 0.3) is 16.7 Å². The van der Waals surface area contributed by atoms with Crippen molar-refractivity contribution in [1.29, 1.82) is 0 Å². The predicted molar refractivity (Wildman–Crippen MR) is 128 cm³/mol. The Kier molecular flexibility index (Phi) is 6.54. The van der Waals surface area contributed by atoms with Crippen LogP contribution >= 0.6 is 11.6 Å². The van der Waals surface area contributed by atoms with E-state index in [0.29, 0.717) is 5.75 Å². The lowest BCUT2D eigenvalue weighted by atomic mass is 9.94. The molecule has 9 heteroatoms. The molecule has 1 saturated heterocycles. The van der Waals surface area contributed by atoms with Crippen LogP contribution < -0.4 is 9.47 Å². The first kappa shape index (κ1) is 23.7. The second-order valence-electron chi connectivity index (χ2n) is 7.88. The lowest BCUT2D eigenvalue weighted by Crippen LogP contribution is -2.32. The maximum atomic E-state index is 13.3. The first-order chi connectivity index (χ1) is 16.3. The minimum Gasteiger partial charge on any atom is -0.507 e. The third kappa shape index (κ3) is 3.78. The van der Waals surface area contributed by atoms with Crippen LogP contribution in [-0.4, -0.2) is 60.7 Å². The molecule has 1 amide bonds. The lowest BCUT2D eigenvalue weighted by molar-refractivity contribution is -0.140. The topological polar surface area (TPSA) is 90.2 Å². The Hall–Kier alpha value is -3.49. The fourth-order valence-corrected chi connectivity index (χ4v) is 4.64. The van der Waals surface area contributed by atoms with Gasteiger partial charge in [0.1, 0.15) is 17.3 Å². The Balaban J connectivity index is 2.00. The Bertz CT molecular complexity index is 1310. The van der Waals surface area contributed by atoms with Crippen molar-refractivity contribution in [2.24, 2.45) is 7.05 Å². The number of hydrogen-bond donors (Lipinski definition) is 1. The number of fused-ring (bicyclic) bond motifs is 1. The zero-order chi connectivity index (χ0) is 24.6. The van der Waals surface area contributed by atoms with E-state index in [1.807, 2.05) is 42.1 Å². The molecule has 178 valence electrons. The summed E-state index contributed by atoms with van der Waals surface area (Å²) < 4.78 is 17.8. The summed E-state index contributed by atoms with van der Waals surface area (Å²) >= 11 is 6.22. The van der Waals surface area contributed by atoms with Crippen LogP contribution in [0.2, 0.25) is 5.02 Å². The van der Waals surface area contributed by atoms with Crippen molar-refractivity contribution >= 4 is 40.0 Å². The van der Waals surface area contributed by atoms with Crippen LogP contribution in [0.3, 0.4) is 0 Å². The summed E-state index contributed by atoms with van der Waals surface area (Å²) in [5.74, 6) is -1.34. The maximum Gasteiger partial charge on any atom is 0.295 e. The van der Waals surface area contributed by atoms with Gasteiger partial charge in [0.25, 0.3) is 11.7 Å². The van der Waals surface area contributed by atoms with Crippen LogP contribution in [-0.2, 0) is 21.4 Å². The number of methoxy groups -OCH3 is 3. The van der Waals surface area contributed by atoms with Crippen LogP contribution in [0.1, 0.15) is 17.2 Å². The average Bonchev–Trinajstić information content (AvgIpc) is 3.30. The van der Waals surface area contributed by atoms with Gasteiger partial charge in [-0.25, -0.2) is 0 Å². The summed E-state index contributed by atoms with van der Waals surface area (Å²) in [5.41, 5.74) is 1.80. The molecule has 0 spiro atoms. The van der Waals surface area contributed by atoms with Crippen molar-refractivity contribution in [3.8, 4) is 11.5 Å². The number of ketones is 1. The largest absolute Gasteiger partial charge is 0.507 e. The van der Waals surface area contributed by atoms with E-state index < -0.39 is 17.7 Å². The molecule has 8 nitrogen and oxygen atoms in total. The number of hydrogen-bond acceptors (Lipinski definition) is 6. The molecule has 34 heavy (non-hydrogen) atoms. The number of aromatic nitrogens is 1. The van der Waals surface area contributed by atoms with Crippen molar-refractivity contribution in [1.82, 2.24) is 9.47 Å². The van der Waals surface area contributed by atoms with Gasteiger partial charge in [0.05, 0.1) is 43.0 Å². The Morgan fingerprint density at radius 2 is 1.79 bits per heavy atom. The highest BCUT2D eigenvalue weighted by atomic mass is 35.5. The number of nitrogens with zero attached hydrogens (tertiary/aromatic N) is 2. The standard InChI is InChI=1S/C25H25ClN2O6/c1-27-13-16(14-7-5-6-8-18(14)27)22-21(24(30)25(31)28(22)9-10-32-2)23(29)15-11-20(34-4)17(26)12-19(15)33-3/h5-8,11-13,22,29H,9-10H2,1-4H3/b23-21+. The Morgan fingerprint density at radius 3 is 2.47 bits per heavy atom. The third-order valence-electron chi connectivity index (χ3n) is 6.03. The number of Topliss-reactive ketones (excluding diaryl/α,β-unsaturated/α-hetero) is 1. The number of para-hydroxylation sites is 1. The van der Waals surface area contributed by atoms with Gasteiger partial charge in [-0.15, -0.1) is 0 Å². The summed E-state index contributed by atoms with van der Waals surface area (Å²) in [6.45, 7) is 0.402. The molecule has 1 atom stereocenters. The SMILES string of the molecule is COCCN1C(=O)C(=O)/C(=C(/O)c2cc(OC)c(Cl)cc2OC)C1c1cn(C)c2ccccc12. The number of amides is 1. The highest BCUT2D eigenvalue weighted by Gasteiger charge is 2.47. The van der Waals surface area contributed by atoms with Crippen LogP contribution in [0.5, 0.6) is 11.5 Å². The summed E-state index contributed by atoms with van der Waals surface area (Å²) in [7, 11) is 6.28. The molecule has 0 aliphatic carbocycles. The first-order valence-corrected chi connectivity index (χ1v) is 10.9. The minimum atomic E-state index is -0.826. The van der Waals surface area contributed by atoms with Gasteiger partial charge >= 0.3 is 0 Å². The van der Waals surface area contributed by atoms with E-state index in [-0.39, 0.29) is 40.8 Å². The van der Waals surface area contributed by atoms with E-state index in [2.05, 4.69) is 0 Å². The predicted octanol–water partition coefficient (Wildman–Crippen LogP) is 3.92. The smallest absolute Gasteiger partial charge is 0.295 e. The normalized spacial score (nSPS) is 17.6. The summed E-state index contributed by atoms with van der Waals surface area (Å²) in [4.78, 5) is 27.8. The molecule has 1 N–H and O–H groups in total. The molecule has 2 heterocycles. The van der Waals surface area contributed by atoms with Crippen LogP contribution in [0.15, 0.2) is 48.2 Å².